The Morgan fingerprint density at radius 2 is 1.67 bits per heavy atom. The molecular weight excluding hydrogens is 362 g/mol. The zero-order chi connectivity index (χ0) is 20.4. The average Bonchev–Trinajstić information content (AvgIpc) is 2.53. The molecule has 0 bridgehead atoms. The van der Waals surface area contributed by atoms with Gasteiger partial charge in [-0.2, -0.15) is 0 Å². The Bertz CT molecular complexity index is 848. The first-order chi connectivity index (χ1) is 12.5. The molecule has 2 aromatic carbocycles. The molecule has 0 saturated heterocycles. The van der Waals surface area contributed by atoms with E-state index in [1.165, 1.54) is 4.90 Å². The van der Waals surface area contributed by atoms with Crippen molar-refractivity contribution in [2.75, 3.05) is 11.4 Å². The number of hydrogen-bond acceptors (Lipinski definition) is 3. The van der Waals surface area contributed by atoms with Gasteiger partial charge in [0.05, 0.1) is 10.6 Å². The number of ether oxygens (including phenoxy) is 1. The molecule has 0 atom stereocenters. The number of esters is 1. The third-order valence-corrected chi connectivity index (χ3v) is 4.51. The van der Waals surface area contributed by atoms with Crippen molar-refractivity contribution < 1.29 is 14.3 Å². The van der Waals surface area contributed by atoms with Gasteiger partial charge in [-0.05, 0) is 76.4 Å². The highest BCUT2D eigenvalue weighted by Crippen LogP contribution is 2.26. The highest BCUT2D eigenvalue weighted by atomic mass is 35.5. The molecule has 0 unspecified atom stereocenters. The molecule has 0 radical (unpaired) electrons. The summed E-state index contributed by atoms with van der Waals surface area (Å²) in [6, 6.07) is 10.9. The smallest absolute Gasteiger partial charge is 0.326 e. The number of benzene rings is 2. The molecule has 0 aliphatic rings. The predicted molar refractivity (Wildman–Crippen MR) is 110 cm³/mol. The third-order valence-electron chi connectivity index (χ3n) is 4.19. The molecule has 0 fully saturated rings. The number of amides is 1. The summed E-state index contributed by atoms with van der Waals surface area (Å²) in [5.74, 6) is -0.800. The van der Waals surface area contributed by atoms with Crippen LogP contribution in [-0.2, 0) is 9.53 Å². The minimum Gasteiger partial charge on any atom is -0.459 e. The number of carbonyl (C=O) groups excluding carboxylic acids is 2. The molecule has 5 heteroatoms. The van der Waals surface area contributed by atoms with Crippen molar-refractivity contribution in [3.8, 4) is 0 Å². The van der Waals surface area contributed by atoms with Gasteiger partial charge in [0.15, 0.2) is 0 Å². The Morgan fingerprint density at radius 3 is 2.22 bits per heavy atom. The Labute approximate surface area is 166 Å². The van der Waals surface area contributed by atoms with E-state index in [1.807, 2.05) is 45.0 Å². The lowest BCUT2D eigenvalue weighted by Gasteiger charge is -2.26. The normalized spacial score (nSPS) is 11.2. The van der Waals surface area contributed by atoms with Gasteiger partial charge in [-0.3, -0.25) is 14.5 Å². The van der Waals surface area contributed by atoms with Gasteiger partial charge in [-0.1, -0.05) is 29.8 Å². The molecule has 0 aromatic heterocycles. The summed E-state index contributed by atoms with van der Waals surface area (Å²) < 4.78 is 5.42. The number of rotatable bonds is 4. The Kier molecular flexibility index (Phi) is 6.32. The SMILES string of the molecule is Cc1ccc(N(CC(=O)OC(C)(C)C)C(=O)c2c(C)cccc2Cl)cc1C. The second kappa shape index (κ2) is 8.13. The van der Waals surface area contributed by atoms with Crippen molar-refractivity contribution in [3.05, 3.63) is 63.7 Å². The lowest BCUT2D eigenvalue weighted by atomic mass is 10.1. The van der Waals surface area contributed by atoms with Crippen molar-refractivity contribution in [3.63, 3.8) is 0 Å². The molecule has 144 valence electrons. The minimum absolute atomic E-state index is 0.191. The van der Waals surface area contributed by atoms with E-state index in [0.29, 0.717) is 16.3 Å². The highest BCUT2D eigenvalue weighted by Gasteiger charge is 2.26. The Morgan fingerprint density at radius 1 is 1.00 bits per heavy atom. The fourth-order valence-corrected chi connectivity index (χ4v) is 3.02. The predicted octanol–water partition coefficient (Wildman–Crippen LogP) is 5.25. The second-order valence-corrected chi connectivity index (χ2v) is 8.09. The van der Waals surface area contributed by atoms with E-state index in [-0.39, 0.29) is 12.5 Å². The van der Waals surface area contributed by atoms with Gasteiger partial charge in [-0.25, -0.2) is 0 Å². The summed E-state index contributed by atoms with van der Waals surface area (Å²) in [6.45, 7) is 11.0. The first kappa shape index (κ1) is 21.0. The maximum absolute atomic E-state index is 13.3. The standard InChI is InChI=1S/C22H26ClNO3/c1-14-10-11-17(12-16(14)3)24(13-19(25)27-22(4,5)6)21(26)20-15(2)8-7-9-18(20)23/h7-12H,13H2,1-6H3. The molecule has 0 aliphatic carbocycles. The monoisotopic (exact) mass is 387 g/mol. The van der Waals surface area contributed by atoms with Crippen LogP contribution in [0.3, 0.4) is 0 Å². The summed E-state index contributed by atoms with van der Waals surface area (Å²) >= 11 is 6.29. The van der Waals surface area contributed by atoms with E-state index in [1.54, 1.807) is 32.9 Å². The summed E-state index contributed by atoms with van der Waals surface area (Å²) in [7, 11) is 0. The Balaban J connectivity index is 2.47. The zero-order valence-electron chi connectivity index (χ0n) is 16.7. The number of anilines is 1. The van der Waals surface area contributed by atoms with Crippen molar-refractivity contribution >= 4 is 29.2 Å². The average molecular weight is 388 g/mol. The molecule has 0 aliphatic heterocycles. The molecule has 2 aromatic rings. The molecule has 0 heterocycles. The van der Waals surface area contributed by atoms with Gasteiger partial charge in [-0.15, -0.1) is 0 Å². The molecule has 0 N–H and O–H groups in total. The number of halogens is 1. The van der Waals surface area contributed by atoms with Crippen molar-refractivity contribution in [1.82, 2.24) is 0 Å². The van der Waals surface area contributed by atoms with Crippen molar-refractivity contribution in [2.24, 2.45) is 0 Å². The highest BCUT2D eigenvalue weighted by molar-refractivity contribution is 6.34. The fraction of sp³-hybridized carbons (Fsp3) is 0.364. The molecule has 1 amide bonds. The number of aryl methyl sites for hydroxylation is 3. The van der Waals surface area contributed by atoms with Crippen LogP contribution in [-0.4, -0.2) is 24.0 Å². The van der Waals surface area contributed by atoms with E-state index in [2.05, 4.69) is 0 Å². The van der Waals surface area contributed by atoms with E-state index < -0.39 is 11.6 Å². The molecule has 4 nitrogen and oxygen atoms in total. The number of nitrogens with zero attached hydrogens (tertiary/aromatic N) is 1. The zero-order valence-corrected chi connectivity index (χ0v) is 17.5. The van der Waals surface area contributed by atoms with E-state index in [0.717, 1.165) is 16.7 Å². The fourth-order valence-electron chi connectivity index (χ4n) is 2.71. The largest absolute Gasteiger partial charge is 0.459 e. The topological polar surface area (TPSA) is 46.6 Å². The van der Waals surface area contributed by atoms with Gasteiger partial charge in [0, 0.05) is 5.69 Å². The van der Waals surface area contributed by atoms with Crippen LogP contribution in [0.25, 0.3) is 0 Å². The third kappa shape index (κ3) is 5.33. The van der Waals surface area contributed by atoms with E-state index >= 15 is 0 Å². The molecule has 27 heavy (non-hydrogen) atoms. The summed E-state index contributed by atoms with van der Waals surface area (Å²) in [5, 5.41) is 0.359. The lowest BCUT2D eigenvalue weighted by molar-refractivity contribution is -0.152. The number of carbonyl (C=O) groups is 2. The van der Waals surface area contributed by atoms with Crippen LogP contribution in [0.5, 0.6) is 0 Å². The van der Waals surface area contributed by atoms with Crippen molar-refractivity contribution in [2.45, 2.75) is 47.1 Å². The minimum atomic E-state index is -0.630. The van der Waals surface area contributed by atoms with E-state index in [9.17, 15) is 9.59 Å². The number of hydrogen-bond donors (Lipinski definition) is 0. The summed E-state index contributed by atoms with van der Waals surface area (Å²) in [4.78, 5) is 27.2. The van der Waals surface area contributed by atoms with Crippen LogP contribution in [0, 0.1) is 20.8 Å². The maximum Gasteiger partial charge on any atom is 0.326 e. The first-order valence-electron chi connectivity index (χ1n) is 8.85. The Hall–Kier alpha value is -2.33. The maximum atomic E-state index is 13.3. The van der Waals surface area contributed by atoms with Crippen LogP contribution in [0.2, 0.25) is 5.02 Å². The van der Waals surface area contributed by atoms with Gasteiger partial charge < -0.3 is 4.74 Å². The van der Waals surface area contributed by atoms with Gasteiger partial charge in [0.1, 0.15) is 12.1 Å². The van der Waals surface area contributed by atoms with Crippen LogP contribution in [0.15, 0.2) is 36.4 Å². The van der Waals surface area contributed by atoms with E-state index in [4.69, 9.17) is 16.3 Å². The van der Waals surface area contributed by atoms with Crippen LogP contribution >= 0.6 is 11.6 Å². The first-order valence-corrected chi connectivity index (χ1v) is 9.23. The van der Waals surface area contributed by atoms with Gasteiger partial charge >= 0.3 is 5.97 Å². The van der Waals surface area contributed by atoms with Crippen LogP contribution in [0.1, 0.15) is 47.8 Å². The van der Waals surface area contributed by atoms with Gasteiger partial charge in [0.2, 0.25) is 0 Å². The molecule has 0 saturated carbocycles. The quantitative estimate of drug-likeness (QED) is 0.673. The molecule has 0 spiro atoms. The summed E-state index contributed by atoms with van der Waals surface area (Å²) in [5.41, 5.74) is 3.29. The molecular formula is C22H26ClNO3. The van der Waals surface area contributed by atoms with Gasteiger partial charge in [0.25, 0.3) is 5.91 Å². The summed E-state index contributed by atoms with van der Waals surface area (Å²) in [6.07, 6.45) is 0. The van der Waals surface area contributed by atoms with Crippen molar-refractivity contribution in [1.29, 1.82) is 0 Å². The lowest BCUT2D eigenvalue weighted by Crippen LogP contribution is -2.39. The second-order valence-electron chi connectivity index (χ2n) is 7.68. The molecule has 2 rings (SSSR count). The van der Waals surface area contributed by atoms with Crippen LogP contribution in [0.4, 0.5) is 5.69 Å². The van der Waals surface area contributed by atoms with Crippen LogP contribution < -0.4 is 4.90 Å².